The van der Waals surface area contributed by atoms with Crippen molar-refractivity contribution in [2.75, 3.05) is 19.5 Å². The maximum absolute atomic E-state index is 12.5. The minimum Gasteiger partial charge on any atom is -0.387 e. The van der Waals surface area contributed by atoms with Gasteiger partial charge in [0.05, 0.1) is 17.5 Å². The van der Waals surface area contributed by atoms with E-state index in [-0.39, 0.29) is 23.6 Å². The van der Waals surface area contributed by atoms with Gasteiger partial charge in [0.2, 0.25) is 0 Å². The van der Waals surface area contributed by atoms with Gasteiger partial charge in [-0.2, -0.15) is 0 Å². The van der Waals surface area contributed by atoms with Crippen LogP contribution in [0.3, 0.4) is 0 Å². The summed E-state index contributed by atoms with van der Waals surface area (Å²) in [5, 5.41) is 11.4. The summed E-state index contributed by atoms with van der Waals surface area (Å²) in [5.74, 6) is -0.928. The third-order valence-electron chi connectivity index (χ3n) is 5.37. The predicted octanol–water partition coefficient (Wildman–Crippen LogP) is -0.0904. The number of aliphatic hydroxyl groups excluding tert-OH is 1. The molecule has 0 radical (unpaired) electrons. The van der Waals surface area contributed by atoms with Gasteiger partial charge in [0.25, 0.3) is 11.8 Å². The van der Waals surface area contributed by atoms with Crippen LogP contribution in [0.25, 0.3) is 11.2 Å². The standard InChI is InChI=1S/C19H18N6O6/c1-29-14-13(26)11(6-30-25-17(27)9-4-2-3-5-10(9)18(25)28)31-19(14)24-8-23-12-15(20)21-7-22-16(12)24/h2-5,7-8,11,13-14,19,26H,6H2,1H3,(H2,20,21,22)/t11-,13?,14?,19-/m1/s1. The van der Waals surface area contributed by atoms with E-state index >= 15 is 0 Å². The fourth-order valence-electron chi connectivity index (χ4n) is 3.82. The summed E-state index contributed by atoms with van der Waals surface area (Å²) < 4.78 is 13.0. The summed E-state index contributed by atoms with van der Waals surface area (Å²) in [7, 11) is 1.43. The van der Waals surface area contributed by atoms with Gasteiger partial charge in [0, 0.05) is 7.11 Å². The molecule has 5 rings (SSSR count). The number of benzene rings is 1. The first-order valence-electron chi connectivity index (χ1n) is 9.41. The fraction of sp³-hybridized carbons (Fsp3) is 0.316. The van der Waals surface area contributed by atoms with Gasteiger partial charge >= 0.3 is 0 Å². The number of aliphatic hydroxyl groups is 1. The fourth-order valence-corrected chi connectivity index (χ4v) is 3.82. The van der Waals surface area contributed by atoms with Crippen molar-refractivity contribution >= 4 is 28.8 Å². The summed E-state index contributed by atoms with van der Waals surface area (Å²) in [5.41, 5.74) is 7.15. The lowest BCUT2D eigenvalue weighted by molar-refractivity contribution is -0.140. The number of imide groups is 1. The van der Waals surface area contributed by atoms with Gasteiger partial charge in [0.1, 0.15) is 36.8 Å². The first kappa shape index (κ1) is 19.5. The molecular formula is C19H18N6O6. The number of hydroxylamine groups is 2. The second kappa shape index (κ2) is 7.35. The Morgan fingerprint density at radius 3 is 2.55 bits per heavy atom. The molecule has 12 nitrogen and oxygen atoms in total. The number of hydrogen-bond donors (Lipinski definition) is 2. The first-order chi connectivity index (χ1) is 15.0. The minimum atomic E-state index is -1.11. The van der Waals surface area contributed by atoms with Crippen LogP contribution >= 0.6 is 0 Å². The molecule has 1 fully saturated rings. The maximum atomic E-state index is 12.5. The van der Waals surface area contributed by atoms with Crippen LogP contribution in [0.4, 0.5) is 5.82 Å². The van der Waals surface area contributed by atoms with E-state index in [1.807, 2.05) is 0 Å². The quantitative estimate of drug-likeness (QED) is 0.529. The third kappa shape index (κ3) is 2.96. The Bertz CT molecular complexity index is 1150. The van der Waals surface area contributed by atoms with E-state index in [1.54, 1.807) is 28.8 Å². The van der Waals surface area contributed by atoms with Gasteiger partial charge in [-0.1, -0.05) is 12.1 Å². The Balaban J connectivity index is 1.35. The highest BCUT2D eigenvalue weighted by Gasteiger charge is 2.47. The summed E-state index contributed by atoms with van der Waals surface area (Å²) >= 11 is 0. The van der Waals surface area contributed by atoms with Gasteiger partial charge < -0.3 is 20.3 Å². The normalized spacial score (nSPS) is 25.5. The molecule has 0 aliphatic carbocycles. The predicted molar refractivity (Wildman–Crippen MR) is 103 cm³/mol. The number of amides is 2. The highest BCUT2D eigenvalue weighted by atomic mass is 16.7. The zero-order valence-corrected chi connectivity index (χ0v) is 16.3. The van der Waals surface area contributed by atoms with Crippen LogP contribution in [0, 0.1) is 0 Å². The molecule has 1 saturated heterocycles. The SMILES string of the molecule is COC1C(O)[C@@H](CON2C(=O)c3ccccc3C2=O)O[C@H]1n1cnc2c(N)ncnc21. The molecule has 1 aromatic carbocycles. The molecule has 0 saturated carbocycles. The number of carbonyl (C=O) groups is 2. The molecule has 0 spiro atoms. The van der Waals surface area contributed by atoms with Crippen molar-refractivity contribution in [3.05, 3.63) is 48.0 Å². The van der Waals surface area contributed by atoms with Crippen molar-refractivity contribution in [3.8, 4) is 0 Å². The molecule has 4 heterocycles. The van der Waals surface area contributed by atoms with Crippen LogP contribution in [0.2, 0.25) is 0 Å². The van der Waals surface area contributed by atoms with E-state index in [4.69, 9.17) is 20.0 Å². The number of nitrogens with zero attached hydrogens (tertiary/aromatic N) is 5. The second-order valence-corrected chi connectivity index (χ2v) is 7.09. The Kier molecular flexibility index (Phi) is 4.63. The van der Waals surface area contributed by atoms with Crippen LogP contribution in [-0.2, 0) is 14.3 Å². The van der Waals surface area contributed by atoms with Gasteiger partial charge in [-0.15, -0.1) is 5.06 Å². The number of imidazole rings is 1. The molecule has 4 atom stereocenters. The van der Waals surface area contributed by atoms with Crippen molar-refractivity contribution in [3.63, 3.8) is 0 Å². The van der Waals surface area contributed by atoms with Gasteiger partial charge in [-0.25, -0.2) is 15.0 Å². The zero-order chi connectivity index (χ0) is 21.7. The number of nitrogen functional groups attached to an aromatic ring is 1. The molecule has 12 heteroatoms. The smallest absolute Gasteiger partial charge is 0.285 e. The molecule has 2 aliphatic rings. The summed E-state index contributed by atoms with van der Waals surface area (Å²) in [6.07, 6.45) is -0.824. The maximum Gasteiger partial charge on any atom is 0.285 e. The van der Waals surface area contributed by atoms with E-state index in [0.29, 0.717) is 16.2 Å². The number of carbonyl (C=O) groups excluding carboxylic acids is 2. The molecule has 2 aromatic heterocycles. The average Bonchev–Trinajstić information content (AvgIpc) is 3.41. The van der Waals surface area contributed by atoms with Crippen molar-refractivity contribution in [1.82, 2.24) is 24.6 Å². The summed E-state index contributed by atoms with van der Waals surface area (Å²) in [6.45, 7) is -0.257. The van der Waals surface area contributed by atoms with Gasteiger partial charge in [-0.3, -0.25) is 19.0 Å². The van der Waals surface area contributed by atoms with Crippen molar-refractivity contribution in [2.24, 2.45) is 0 Å². The Labute approximate surface area is 175 Å². The van der Waals surface area contributed by atoms with Crippen molar-refractivity contribution in [2.45, 2.75) is 24.5 Å². The molecular weight excluding hydrogens is 408 g/mol. The van der Waals surface area contributed by atoms with Crippen LogP contribution in [-0.4, -0.2) is 73.5 Å². The number of nitrogens with two attached hydrogens (primary N) is 1. The summed E-state index contributed by atoms with van der Waals surface area (Å²) in [6, 6.07) is 6.43. The van der Waals surface area contributed by atoms with Crippen LogP contribution in [0.1, 0.15) is 26.9 Å². The average molecular weight is 426 g/mol. The van der Waals surface area contributed by atoms with E-state index in [9.17, 15) is 14.7 Å². The first-order valence-corrected chi connectivity index (χ1v) is 9.41. The number of methoxy groups -OCH3 is 1. The lowest BCUT2D eigenvalue weighted by atomic mass is 10.1. The molecule has 2 unspecified atom stereocenters. The van der Waals surface area contributed by atoms with Crippen molar-refractivity contribution < 1.29 is 29.0 Å². The Hall–Kier alpha value is -3.45. The molecule has 2 amide bonds. The highest BCUT2D eigenvalue weighted by molar-refractivity contribution is 6.20. The number of hydrogen-bond acceptors (Lipinski definition) is 10. The van der Waals surface area contributed by atoms with Crippen LogP contribution in [0.5, 0.6) is 0 Å². The molecule has 3 N–H and O–H groups in total. The topological polar surface area (TPSA) is 155 Å². The highest BCUT2D eigenvalue weighted by Crippen LogP contribution is 2.34. The lowest BCUT2D eigenvalue weighted by Gasteiger charge is -2.19. The van der Waals surface area contributed by atoms with E-state index in [1.165, 1.54) is 19.8 Å². The monoisotopic (exact) mass is 426 g/mol. The Morgan fingerprint density at radius 2 is 1.87 bits per heavy atom. The largest absolute Gasteiger partial charge is 0.387 e. The minimum absolute atomic E-state index is 0.210. The van der Waals surface area contributed by atoms with Crippen LogP contribution < -0.4 is 5.73 Å². The number of rotatable bonds is 5. The number of aromatic nitrogens is 4. The zero-order valence-electron chi connectivity index (χ0n) is 16.3. The molecule has 31 heavy (non-hydrogen) atoms. The van der Waals surface area contributed by atoms with E-state index in [0.717, 1.165) is 0 Å². The van der Waals surface area contributed by atoms with E-state index < -0.39 is 36.4 Å². The summed E-state index contributed by atoms with van der Waals surface area (Å²) in [4.78, 5) is 42.6. The molecule has 2 aliphatic heterocycles. The molecule has 160 valence electrons. The van der Waals surface area contributed by atoms with E-state index in [2.05, 4.69) is 15.0 Å². The molecule has 3 aromatic rings. The van der Waals surface area contributed by atoms with Crippen LogP contribution in [0.15, 0.2) is 36.9 Å². The molecule has 0 bridgehead atoms. The van der Waals surface area contributed by atoms with Crippen molar-refractivity contribution in [1.29, 1.82) is 0 Å². The number of anilines is 1. The van der Waals surface area contributed by atoms with Gasteiger partial charge in [-0.05, 0) is 12.1 Å². The lowest BCUT2D eigenvalue weighted by Crippen LogP contribution is -2.38. The third-order valence-corrected chi connectivity index (χ3v) is 5.37. The number of ether oxygens (including phenoxy) is 2. The van der Waals surface area contributed by atoms with Gasteiger partial charge in [0.15, 0.2) is 17.7 Å². The Morgan fingerprint density at radius 1 is 1.16 bits per heavy atom. The second-order valence-electron chi connectivity index (χ2n) is 7.09. The number of fused-ring (bicyclic) bond motifs is 2.